The number of ether oxygens (including phenoxy) is 3. The third-order valence-corrected chi connectivity index (χ3v) is 9.71. The Bertz CT molecular complexity index is 965. The van der Waals surface area contributed by atoms with Crippen LogP contribution >= 0.6 is 0 Å². The van der Waals surface area contributed by atoms with E-state index in [-0.39, 0.29) is 0 Å². The van der Waals surface area contributed by atoms with Crippen LogP contribution in [0, 0.1) is 0 Å². The van der Waals surface area contributed by atoms with Crippen LogP contribution in [0.3, 0.4) is 0 Å². The van der Waals surface area contributed by atoms with E-state index in [4.69, 9.17) is 14.2 Å². The van der Waals surface area contributed by atoms with Crippen molar-refractivity contribution < 1.29 is 14.2 Å². The number of hydrogen-bond donors (Lipinski definition) is 0. The van der Waals surface area contributed by atoms with Gasteiger partial charge in [-0.25, -0.2) is 0 Å². The van der Waals surface area contributed by atoms with Crippen LogP contribution < -0.4 is 0 Å². The van der Waals surface area contributed by atoms with E-state index >= 15 is 0 Å². The second-order valence-electron chi connectivity index (χ2n) is 13.0. The van der Waals surface area contributed by atoms with Crippen LogP contribution in [0.15, 0.2) is 91.0 Å². The van der Waals surface area contributed by atoms with Gasteiger partial charge in [-0.05, 0) is 42.4 Å². The first-order valence-corrected chi connectivity index (χ1v) is 20.2. The number of hydrogen-bond acceptors (Lipinski definition) is 3. The Labute approximate surface area is 285 Å². The molecule has 0 radical (unpaired) electrons. The molecule has 0 saturated carbocycles. The molecule has 0 aromatic heterocycles. The summed E-state index contributed by atoms with van der Waals surface area (Å²) in [6.45, 7) is 1.71. The molecule has 0 amide bonds. The Hall–Kier alpha value is -2.24. The third-order valence-electron chi connectivity index (χ3n) is 9.00. The molecule has 3 nitrogen and oxygen atoms in total. The van der Waals surface area contributed by atoms with Crippen molar-refractivity contribution in [1.82, 2.24) is 0 Å². The molecule has 254 valence electrons. The second kappa shape index (κ2) is 25.8. The Morgan fingerprint density at radius 1 is 0.370 bits per heavy atom. The quantitative estimate of drug-likeness (QED) is 0.0428. The van der Waals surface area contributed by atoms with Gasteiger partial charge < -0.3 is 14.2 Å². The molecular formula is C42H64O3Si. The van der Waals surface area contributed by atoms with Crippen molar-refractivity contribution in [2.75, 3.05) is 19.8 Å². The van der Waals surface area contributed by atoms with E-state index in [1.165, 1.54) is 123 Å². The van der Waals surface area contributed by atoms with E-state index in [2.05, 4.69) is 91.0 Å². The minimum absolute atomic E-state index is 0.570. The normalized spacial score (nSPS) is 11.7. The van der Waals surface area contributed by atoms with Crippen molar-refractivity contribution in [3.8, 4) is 0 Å². The van der Waals surface area contributed by atoms with Gasteiger partial charge in [0.05, 0.1) is 19.8 Å². The predicted molar refractivity (Wildman–Crippen MR) is 200 cm³/mol. The van der Waals surface area contributed by atoms with Gasteiger partial charge in [0.15, 0.2) is 0 Å². The number of benzene rings is 3. The monoisotopic (exact) mass is 644 g/mol. The molecule has 3 aromatic rings. The lowest BCUT2D eigenvalue weighted by Crippen LogP contribution is -2.41. The topological polar surface area (TPSA) is 27.7 Å². The van der Waals surface area contributed by atoms with Gasteiger partial charge >= 0.3 is 0 Å². The fourth-order valence-corrected chi connectivity index (χ4v) is 6.64. The zero-order chi connectivity index (χ0) is 32.2. The summed E-state index contributed by atoms with van der Waals surface area (Å²) in [5, 5.41) is 0. The molecule has 0 spiro atoms. The maximum Gasteiger partial charge on any atom is 0.282 e. The van der Waals surface area contributed by atoms with Crippen LogP contribution in [0.2, 0.25) is 6.04 Å². The zero-order valence-corrected chi connectivity index (χ0v) is 31.1. The molecule has 0 atom stereocenters. The molecule has 0 aliphatic carbocycles. The highest BCUT2D eigenvalue weighted by atomic mass is 28.1. The predicted octanol–water partition coefficient (Wildman–Crippen LogP) is 10.4. The van der Waals surface area contributed by atoms with Crippen LogP contribution in [0.4, 0.5) is 0 Å². The van der Waals surface area contributed by atoms with Gasteiger partial charge in [-0.1, -0.05) is 187 Å². The van der Waals surface area contributed by atoms with Gasteiger partial charge in [0.2, 0.25) is 0 Å². The molecule has 0 unspecified atom stereocenters. The first-order valence-electron chi connectivity index (χ1n) is 18.8. The molecule has 0 N–H and O–H groups in total. The van der Waals surface area contributed by atoms with E-state index in [0.717, 1.165) is 32.1 Å². The molecule has 0 aliphatic rings. The van der Waals surface area contributed by atoms with E-state index in [0.29, 0.717) is 19.8 Å². The summed E-state index contributed by atoms with van der Waals surface area (Å²) in [6, 6.07) is 33.2. The van der Waals surface area contributed by atoms with E-state index in [1.807, 2.05) is 0 Å². The average Bonchev–Trinajstić information content (AvgIpc) is 3.09. The Morgan fingerprint density at radius 2 is 0.652 bits per heavy atom. The van der Waals surface area contributed by atoms with Crippen molar-refractivity contribution in [3.63, 3.8) is 0 Å². The van der Waals surface area contributed by atoms with Gasteiger partial charge in [-0.2, -0.15) is 0 Å². The Balaban J connectivity index is 1.42. The SMILES string of the molecule is [SiH3]CCCCCCCCCCCCCCCCCC(OCCc1ccccc1)(OCCc1ccccc1)OCCc1ccccc1. The van der Waals surface area contributed by atoms with Crippen LogP contribution in [-0.2, 0) is 33.5 Å². The van der Waals surface area contributed by atoms with Crippen molar-refractivity contribution in [2.24, 2.45) is 0 Å². The summed E-state index contributed by atoms with van der Waals surface area (Å²) in [5.74, 6) is -1.02. The first kappa shape index (κ1) is 38.2. The fraction of sp³-hybridized carbons (Fsp3) is 0.571. The smallest absolute Gasteiger partial charge is 0.282 e. The van der Waals surface area contributed by atoms with Gasteiger partial charge in [0.25, 0.3) is 5.97 Å². The molecule has 0 fully saturated rings. The molecule has 0 bridgehead atoms. The van der Waals surface area contributed by atoms with Crippen molar-refractivity contribution in [2.45, 2.75) is 134 Å². The van der Waals surface area contributed by atoms with Crippen LogP contribution in [0.1, 0.15) is 119 Å². The summed E-state index contributed by atoms with van der Waals surface area (Å²) >= 11 is 0. The molecule has 0 aliphatic heterocycles. The van der Waals surface area contributed by atoms with Crippen LogP contribution in [-0.4, -0.2) is 36.0 Å². The van der Waals surface area contributed by atoms with E-state index in [9.17, 15) is 0 Å². The summed E-state index contributed by atoms with van der Waals surface area (Å²) in [5.41, 5.74) is 3.82. The molecule has 4 heteroatoms. The maximum atomic E-state index is 6.59. The standard InChI is InChI=1S/C42H64O3Si/c46-38-24-13-11-9-7-5-3-1-2-4-6-8-10-12-23-34-42(43-35-31-39-25-17-14-18-26-39,44-36-32-40-27-19-15-20-28-40)45-37-33-41-29-21-16-22-30-41/h14-22,25-30H,1-13,23-24,31-38H2,46H3. The van der Waals surface area contributed by atoms with E-state index in [1.54, 1.807) is 0 Å². The van der Waals surface area contributed by atoms with Crippen molar-refractivity contribution in [3.05, 3.63) is 108 Å². The molecule has 0 saturated heterocycles. The highest BCUT2D eigenvalue weighted by Crippen LogP contribution is 2.26. The van der Waals surface area contributed by atoms with Gasteiger partial charge in [0.1, 0.15) is 0 Å². The van der Waals surface area contributed by atoms with Crippen molar-refractivity contribution in [1.29, 1.82) is 0 Å². The first-order chi connectivity index (χ1) is 22.8. The zero-order valence-electron chi connectivity index (χ0n) is 29.1. The molecule has 3 rings (SSSR count). The molecule has 0 heterocycles. The van der Waals surface area contributed by atoms with E-state index < -0.39 is 5.97 Å². The highest BCUT2D eigenvalue weighted by Gasteiger charge is 2.33. The van der Waals surface area contributed by atoms with Gasteiger partial charge in [0, 0.05) is 16.7 Å². The minimum Gasteiger partial charge on any atom is -0.327 e. The highest BCUT2D eigenvalue weighted by molar-refractivity contribution is 6.08. The minimum atomic E-state index is -1.02. The van der Waals surface area contributed by atoms with Gasteiger partial charge in [-0.3, -0.25) is 0 Å². The summed E-state index contributed by atoms with van der Waals surface area (Å²) in [4.78, 5) is 0. The number of unbranched alkanes of at least 4 members (excludes halogenated alkanes) is 14. The Kier molecular flexibility index (Phi) is 21.4. The van der Waals surface area contributed by atoms with Gasteiger partial charge in [-0.15, -0.1) is 0 Å². The lowest BCUT2D eigenvalue weighted by Gasteiger charge is -2.34. The summed E-state index contributed by atoms with van der Waals surface area (Å²) in [6.07, 6.45) is 23.9. The molecular weight excluding hydrogens is 581 g/mol. The average molecular weight is 645 g/mol. The van der Waals surface area contributed by atoms with Crippen LogP contribution in [0.5, 0.6) is 0 Å². The maximum absolute atomic E-state index is 6.59. The molecule has 3 aromatic carbocycles. The lowest BCUT2D eigenvalue weighted by molar-refractivity contribution is -0.383. The largest absolute Gasteiger partial charge is 0.327 e. The van der Waals surface area contributed by atoms with Crippen LogP contribution in [0.25, 0.3) is 0 Å². The molecule has 46 heavy (non-hydrogen) atoms. The third kappa shape index (κ3) is 18.2. The number of rotatable bonds is 29. The summed E-state index contributed by atoms with van der Waals surface area (Å²) in [7, 11) is 1.38. The second-order valence-corrected chi connectivity index (χ2v) is 14.0. The van der Waals surface area contributed by atoms with Crippen molar-refractivity contribution >= 4 is 10.2 Å². The fourth-order valence-electron chi connectivity index (χ4n) is 6.14. The lowest BCUT2D eigenvalue weighted by atomic mass is 10.0. The Morgan fingerprint density at radius 3 is 0.957 bits per heavy atom. The summed E-state index contributed by atoms with van der Waals surface area (Å²) < 4.78 is 19.8.